The van der Waals surface area contributed by atoms with Crippen LogP contribution in [-0.2, 0) is 11.2 Å². The minimum atomic E-state index is -0.0876. The average molecular weight is 360 g/mol. The van der Waals surface area contributed by atoms with Gasteiger partial charge < -0.3 is 15.4 Å². The van der Waals surface area contributed by atoms with Crippen molar-refractivity contribution in [3.8, 4) is 5.75 Å². The lowest BCUT2D eigenvalue weighted by atomic mass is 10.1. The molecule has 4 heteroatoms. The summed E-state index contributed by atoms with van der Waals surface area (Å²) >= 11 is 0. The van der Waals surface area contributed by atoms with E-state index < -0.39 is 0 Å². The van der Waals surface area contributed by atoms with Gasteiger partial charge in [-0.1, -0.05) is 48.5 Å². The van der Waals surface area contributed by atoms with Gasteiger partial charge in [0, 0.05) is 11.4 Å². The van der Waals surface area contributed by atoms with E-state index in [2.05, 4.69) is 34.9 Å². The first-order valence-corrected chi connectivity index (χ1v) is 9.15. The predicted molar refractivity (Wildman–Crippen MR) is 110 cm³/mol. The van der Waals surface area contributed by atoms with Crippen LogP contribution in [0.1, 0.15) is 12.0 Å². The van der Waals surface area contributed by atoms with Gasteiger partial charge in [-0.25, -0.2) is 0 Å². The summed E-state index contributed by atoms with van der Waals surface area (Å²) in [6, 6.07) is 27.5. The Bertz CT molecular complexity index is 818. The number of para-hydroxylation sites is 1. The summed E-state index contributed by atoms with van der Waals surface area (Å²) in [6.45, 7) is 0.892. The zero-order chi connectivity index (χ0) is 18.7. The maximum absolute atomic E-state index is 12.0. The van der Waals surface area contributed by atoms with E-state index >= 15 is 0 Å². The Kier molecular flexibility index (Phi) is 6.87. The molecule has 0 fully saturated rings. The van der Waals surface area contributed by atoms with Crippen LogP contribution in [0, 0.1) is 0 Å². The third-order valence-corrected chi connectivity index (χ3v) is 4.09. The smallest absolute Gasteiger partial charge is 0.243 e. The molecule has 4 nitrogen and oxygen atoms in total. The summed E-state index contributed by atoms with van der Waals surface area (Å²) in [5.74, 6) is 0.721. The second-order valence-electron chi connectivity index (χ2n) is 6.23. The molecule has 0 aromatic heterocycles. The molecule has 0 atom stereocenters. The number of carbonyl (C=O) groups excluding carboxylic acids is 1. The van der Waals surface area contributed by atoms with Crippen LogP contribution in [0.2, 0.25) is 0 Å². The van der Waals surface area contributed by atoms with Gasteiger partial charge in [-0.15, -0.1) is 0 Å². The van der Waals surface area contributed by atoms with Crippen molar-refractivity contribution in [2.45, 2.75) is 12.8 Å². The highest BCUT2D eigenvalue weighted by molar-refractivity contribution is 5.93. The number of ether oxygens (including phenoxy) is 1. The maximum atomic E-state index is 12.0. The van der Waals surface area contributed by atoms with Gasteiger partial charge in [0.05, 0.1) is 13.2 Å². The third kappa shape index (κ3) is 6.51. The molecule has 3 aromatic rings. The monoisotopic (exact) mass is 360 g/mol. The van der Waals surface area contributed by atoms with Crippen LogP contribution in [0.15, 0.2) is 84.9 Å². The molecule has 0 saturated carbocycles. The lowest BCUT2D eigenvalue weighted by Gasteiger charge is -2.09. The highest BCUT2D eigenvalue weighted by atomic mass is 16.5. The normalized spacial score (nSPS) is 10.2. The molecule has 0 aliphatic rings. The van der Waals surface area contributed by atoms with Crippen molar-refractivity contribution in [3.63, 3.8) is 0 Å². The van der Waals surface area contributed by atoms with E-state index in [0.717, 1.165) is 30.0 Å². The van der Waals surface area contributed by atoms with Gasteiger partial charge in [0.25, 0.3) is 0 Å². The van der Waals surface area contributed by atoms with Crippen LogP contribution in [0.5, 0.6) is 5.75 Å². The third-order valence-electron chi connectivity index (χ3n) is 4.09. The molecule has 3 aromatic carbocycles. The predicted octanol–water partition coefficient (Wildman–Crippen LogP) is 4.75. The van der Waals surface area contributed by atoms with Gasteiger partial charge in [-0.2, -0.15) is 0 Å². The zero-order valence-electron chi connectivity index (χ0n) is 15.2. The number of nitrogens with one attached hydrogen (secondary N) is 2. The van der Waals surface area contributed by atoms with E-state index in [1.807, 2.05) is 60.7 Å². The molecule has 3 rings (SSSR count). The van der Waals surface area contributed by atoms with Gasteiger partial charge in [0.1, 0.15) is 5.75 Å². The Morgan fingerprint density at radius 2 is 1.44 bits per heavy atom. The van der Waals surface area contributed by atoms with E-state index in [0.29, 0.717) is 6.61 Å². The fraction of sp³-hybridized carbons (Fsp3) is 0.174. The molecule has 0 spiro atoms. The zero-order valence-corrected chi connectivity index (χ0v) is 15.2. The number of carbonyl (C=O) groups is 1. The first-order valence-electron chi connectivity index (χ1n) is 9.15. The highest BCUT2D eigenvalue weighted by Crippen LogP contribution is 2.16. The molecule has 27 heavy (non-hydrogen) atoms. The largest absolute Gasteiger partial charge is 0.494 e. The van der Waals surface area contributed by atoms with Crippen molar-refractivity contribution < 1.29 is 9.53 Å². The molecule has 0 aliphatic heterocycles. The number of amides is 1. The number of benzene rings is 3. The Morgan fingerprint density at radius 1 is 0.778 bits per heavy atom. The Hall–Kier alpha value is -3.27. The van der Waals surface area contributed by atoms with Crippen molar-refractivity contribution >= 4 is 17.3 Å². The van der Waals surface area contributed by atoms with Crippen molar-refractivity contribution in [2.24, 2.45) is 0 Å². The molecule has 0 radical (unpaired) electrons. The number of hydrogen-bond acceptors (Lipinski definition) is 3. The average Bonchev–Trinajstić information content (AvgIpc) is 2.72. The van der Waals surface area contributed by atoms with Crippen LogP contribution in [-0.4, -0.2) is 19.1 Å². The lowest BCUT2D eigenvalue weighted by molar-refractivity contribution is -0.114. The summed E-state index contributed by atoms with van der Waals surface area (Å²) in [6.07, 6.45) is 1.97. The quantitative estimate of drug-likeness (QED) is 0.542. The van der Waals surface area contributed by atoms with Crippen molar-refractivity contribution in [1.29, 1.82) is 0 Å². The topological polar surface area (TPSA) is 50.4 Å². The van der Waals surface area contributed by atoms with E-state index in [4.69, 9.17) is 4.74 Å². The van der Waals surface area contributed by atoms with Crippen LogP contribution in [0.3, 0.4) is 0 Å². The standard InChI is InChI=1S/C23H24N2O2/c26-23(18-24-20-11-5-2-6-12-20)25-21-13-15-22(16-14-21)27-17-7-10-19-8-3-1-4-9-19/h1-6,8-9,11-16,24H,7,10,17-18H2,(H,25,26). The molecule has 138 valence electrons. The molecule has 0 unspecified atom stereocenters. The SMILES string of the molecule is O=C(CNc1ccccc1)Nc1ccc(OCCCc2ccccc2)cc1. The molecular weight excluding hydrogens is 336 g/mol. The molecule has 0 heterocycles. The number of aryl methyl sites for hydroxylation is 1. The summed E-state index contributed by atoms with van der Waals surface area (Å²) in [5, 5.41) is 5.96. The van der Waals surface area contributed by atoms with Crippen molar-refractivity contribution in [2.75, 3.05) is 23.8 Å². The van der Waals surface area contributed by atoms with E-state index in [-0.39, 0.29) is 12.5 Å². The molecule has 2 N–H and O–H groups in total. The van der Waals surface area contributed by atoms with Crippen LogP contribution in [0.4, 0.5) is 11.4 Å². The minimum absolute atomic E-state index is 0.0876. The summed E-state index contributed by atoms with van der Waals surface area (Å²) < 4.78 is 5.77. The van der Waals surface area contributed by atoms with Gasteiger partial charge in [0.2, 0.25) is 5.91 Å². The van der Waals surface area contributed by atoms with E-state index in [1.54, 1.807) is 0 Å². The molecule has 1 amide bonds. The van der Waals surface area contributed by atoms with Gasteiger partial charge in [-0.3, -0.25) is 4.79 Å². The maximum Gasteiger partial charge on any atom is 0.243 e. The summed E-state index contributed by atoms with van der Waals surface area (Å²) in [7, 11) is 0. The van der Waals surface area contributed by atoms with Crippen molar-refractivity contribution in [1.82, 2.24) is 0 Å². The first-order chi connectivity index (χ1) is 13.3. The second-order valence-corrected chi connectivity index (χ2v) is 6.23. The van der Waals surface area contributed by atoms with Crippen LogP contribution >= 0.6 is 0 Å². The Morgan fingerprint density at radius 3 is 2.15 bits per heavy atom. The van der Waals surface area contributed by atoms with Crippen molar-refractivity contribution in [3.05, 3.63) is 90.5 Å². The summed E-state index contributed by atoms with van der Waals surface area (Å²) in [4.78, 5) is 12.0. The van der Waals surface area contributed by atoms with Gasteiger partial charge in [0.15, 0.2) is 0 Å². The molecule has 0 saturated heterocycles. The molecule has 0 bridgehead atoms. The Balaban J connectivity index is 1.37. The number of rotatable bonds is 9. The fourth-order valence-corrected chi connectivity index (χ4v) is 2.69. The van der Waals surface area contributed by atoms with Gasteiger partial charge in [-0.05, 0) is 54.8 Å². The second kappa shape index (κ2) is 10.0. The van der Waals surface area contributed by atoms with E-state index in [1.165, 1.54) is 5.56 Å². The highest BCUT2D eigenvalue weighted by Gasteiger charge is 2.03. The Labute approximate surface area is 160 Å². The van der Waals surface area contributed by atoms with Gasteiger partial charge >= 0.3 is 0 Å². The molecule has 0 aliphatic carbocycles. The van der Waals surface area contributed by atoms with Crippen LogP contribution in [0.25, 0.3) is 0 Å². The number of hydrogen-bond donors (Lipinski definition) is 2. The fourth-order valence-electron chi connectivity index (χ4n) is 2.69. The number of anilines is 2. The first kappa shape index (κ1) is 18.5. The minimum Gasteiger partial charge on any atom is -0.494 e. The summed E-state index contributed by atoms with van der Waals surface area (Å²) in [5.41, 5.74) is 3.00. The van der Waals surface area contributed by atoms with E-state index in [9.17, 15) is 4.79 Å². The lowest BCUT2D eigenvalue weighted by Crippen LogP contribution is -2.21. The molecular formula is C23H24N2O2. The van der Waals surface area contributed by atoms with Crippen LogP contribution < -0.4 is 15.4 Å².